The van der Waals surface area contributed by atoms with Crippen LogP contribution in [-0.2, 0) is 9.47 Å². The van der Waals surface area contributed by atoms with Gasteiger partial charge in [-0.3, -0.25) is 0 Å². The predicted octanol–water partition coefficient (Wildman–Crippen LogP) is 1.67. The Morgan fingerprint density at radius 2 is 2.25 bits per heavy atom. The zero-order valence-electron chi connectivity index (χ0n) is 8.25. The molecule has 3 unspecified atom stereocenters. The molecule has 0 aromatic carbocycles. The maximum Gasteiger partial charge on any atom is 0.152 e. The van der Waals surface area contributed by atoms with Crippen molar-refractivity contribution in [2.75, 3.05) is 7.11 Å². The van der Waals surface area contributed by atoms with Gasteiger partial charge in [0.15, 0.2) is 7.28 Å². The van der Waals surface area contributed by atoms with Crippen molar-refractivity contribution in [1.82, 2.24) is 0 Å². The van der Waals surface area contributed by atoms with Crippen molar-refractivity contribution in [3.05, 3.63) is 0 Å². The van der Waals surface area contributed by atoms with Gasteiger partial charge in [-0.05, 0) is 6.42 Å². The van der Waals surface area contributed by atoms with Crippen LogP contribution in [-0.4, -0.2) is 32.6 Å². The zero-order chi connectivity index (χ0) is 8.97. The van der Waals surface area contributed by atoms with Crippen LogP contribution in [0.25, 0.3) is 0 Å². The van der Waals surface area contributed by atoms with Crippen molar-refractivity contribution in [3.8, 4) is 0 Å². The van der Waals surface area contributed by atoms with Crippen LogP contribution >= 0.6 is 0 Å². The SMILES string of the molecule is CC[B]C1OC(CC)CC1OC. The van der Waals surface area contributed by atoms with E-state index < -0.39 is 0 Å². The monoisotopic (exact) mass is 169 g/mol. The number of ether oxygens (including phenoxy) is 2. The molecule has 3 heteroatoms. The number of methoxy groups -OCH3 is 1. The first-order chi connectivity index (χ1) is 5.81. The van der Waals surface area contributed by atoms with E-state index in [4.69, 9.17) is 9.47 Å². The minimum Gasteiger partial charge on any atom is -0.381 e. The molecule has 0 saturated carbocycles. The van der Waals surface area contributed by atoms with Gasteiger partial charge in [0, 0.05) is 13.5 Å². The first-order valence-corrected chi connectivity index (χ1v) is 4.83. The van der Waals surface area contributed by atoms with Gasteiger partial charge in [0.05, 0.1) is 18.2 Å². The maximum atomic E-state index is 5.77. The molecule has 1 radical (unpaired) electrons. The normalized spacial score (nSPS) is 35.4. The van der Waals surface area contributed by atoms with Gasteiger partial charge >= 0.3 is 0 Å². The second kappa shape index (κ2) is 4.88. The lowest BCUT2D eigenvalue weighted by Gasteiger charge is -2.15. The molecule has 2 nitrogen and oxygen atoms in total. The first-order valence-electron chi connectivity index (χ1n) is 4.83. The molecule has 0 aliphatic carbocycles. The molecule has 0 amide bonds. The van der Waals surface area contributed by atoms with E-state index in [0.29, 0.717) is 6.10 Å². The lowest BCUT2D eigenvalue weighted by molar-refractivity contribution is 0.0381. The molecule has 0 aromatic rings. The average Bonchev–Trinajstić information content (AvgIpc) is 2.48. The van der Waals surface area contributed by atoms with Crippen molar-refractivity contribution in [2.24, 2.45) is 0 Å². The highest BCUT2D eigenvalue weighted by Gasteiger charge is 2.33. The van der Waals surface area contributed by atoms with E-state index in [0.717, 1.165) is 19.2 Å². The second-order valence-corrected chi connectivity index (χ2v) is 3.28. The first kappa shape index (κ1) is 10.1. The summed E-state index contributed by atoms with van der Waals surface area (Å²) >= 11 is 0. The van der Waals surface area contributed by atoms with E-state index in [-0.39, 0.29) is 12.1 Å². The molecule has 12 heavy (non-hydrogen) atoms. The summed E-state index contributed by atoms with van der Waals surface area (Å²) in [6.07, 6.45) is 3.89. The summed E-state index contributed by atoms with van der Waals surface area (Å²) in [6, 6.07) is 0.227. The van der Waals surface area contributed by atoms with E-state index in [1.807, 2.05) is 0 Å². The Morgan fingerprint density at radius 1 is 1.50 bits per heavy atom. The van der Waals surface area contributed by atoms with E-state index in [1.54, 1.807) is 7.11 Å². The summed E-state index contributed by atoms with van der Waals surface area (Å²) in [5, 5.41) is 0. The van der Waals surface area contributed by atoms with Crippen LogP contribution < -0.4 is 0 Å². The Labute approximate surface area is 75.9 Å². The molecule has 1 heterocycles. The maximum absolute atomic E-state index is 5.77. The minimum atomic E-state index is 0.227. The smallest absolute Gasteiger partial charge is 0.152 e. The van der Waals surface area contributed by atoms with E-state index in [2.05, 4.69) is 21.1 Å². The number of hydrogen-bond acceptors (Lipinski definition) is 2. The van der Waals surface area contributed by atoms with Crippen LogP contribution in [0.1, 0.15) is 26.7 Å². The van der Waals surface area contributed by atoms with Crippen LogP contribution in [0.5, 0.6) is 0 Å². The van der Waals surface area contributed by atoms with Gasteiger partial charge in [-0.1, -0.05) is 20.2 Å². The molecule has 0 N–H and O–H groups in total. The Bertz CT molecular complexity index is 130. The third-order valence-corrected chi connectivity index (χ3v) is 2.44. The molecule has 3 atom stereocenters. The highest BCUT2D eigenvalue weighted by molar-refractivity contribution is 6.37. The zero-order valence-corrected chi connectivity index (χ0v) is 8.25. The molecular weight excluding hydrogens is 151 g/mol. The van der Waals surface area contributed by atoms with Crippen molar-refractivity contribution >= 4 is 7.28 Å². The van der Waals surface area contributed by atoms with Crippen molar-refractivity contribution in [2.45, 2.75) is 51.2 Å². The fourth-order valence-electron chi connectivity index (χ4n) is 1.69. The standard InChI is InChI=1S/C9H18BO2/c1-4-7-6-8(11-3)9(12-7)10-5-2/h7-9H,4-6H2,1-3H3. The average molecular weight is 169 g/mol. The second-order valence-electron chi connectivity index (χ2n) is 3.28. The molecule has 1 fully saturated rings. The summed E-state index contributed by atoms with van der Waals surface area (Å²) in [4.78, 5) is 0. The predicted molar refractivity (Wildman–Crippen MR) is 50.6 cm³/mol. The topological polar surface area (TPSA) is 18.5 Å². The van der Waals surface area contributed by atoms with Crippen molar-refractivity contribution in [3.63, 3.8) is 0 Å². The van der Waals surface area contributed by atoms with Gasteiger partial charge < -0.3 is 9.47 Å². The number of hydrogen-bond donors (Lipinski definition) is 0. The fraction of sp³-hybridized carbons (Fsp3) is 1.00. The molecular formula is C9H18BO2. The fourth-order valence-corrected chi connectivity index (χ4v) is 1.69. The summed E-state index contributed by atoms with van der Waals surface area (Å²) in [7, 11) is 3.96. The summed E-state index contributed by atoms with van der Waals surface area (Å²) in [6.45, 7) is 4.29. The van der Waals surface area contributed by atoms with Gasteiger partial charge in [0.2, 0.25) is 0 Å². The summed E-state index contributed by atoms with van der Waals surface area (Å²) in [5.74, 6) is 0. The van der Waals surface area contributed by atoms with Crippen LogP contribution in [0.4, 0.5) is 0 Å². The van der Waals surface area contributed by atoms with Gasteiger partial charge in [-0.25, -0.2) is 0 Å². The molecule has 1 aliphatic heterocycles. The Kier molecular flexibility index (Phi) is 4.09. The molecule has 69 valence electrons. The van der Waals surface area contributed by atoms with Gasteiger partial charge in [0.1, 0.15) is 0 Å². The highest BCUT2D eigenvalue weighted by Crippen LogP contribution is 2.24. The number of rotatable bonds is 4. The molecule has 0 bridgehead atoms. The van der Waals surface area contributed by atoms with Gasteiger partial charge in [-0.2, -0.15) is 0 Å². The Morgan fingerprint density at radius 3 is 2.75 bits per heavy atom. The van der Waals surface area contributed by atoms with Crippen molar-refractivity contribution in [1.29, 1.82) is 0 Å². The van der Waals surface area contributed by atoms with Crippen LogP contribution in [0.3, 0.4) is 0 Å². The Balaban J connectivity index is 2.39. The van der Waals surface area contributed by atoms with Crippen LogP contribution in [0, 0.1) is 0 Å². The van der Waals surface area contributed by atoms with Crippen LogP contribution in [0.15, 0.2) is 0 Å². The third-order valence-electron chi connectivity index (χ3n) is 2.44. The molecule has 1 rings (SSSR count). The molecule has 1 saturated heterocycles. The van der Waals surface area contributed by atoms with Crippen LogP contribution in [0.2, 0.25) is 6.32 Å². The quantitative estimate of drug-likeness (QED) is 0.596. The van der Waals surface area contributed by atoms with E-state index in [1.165, 1.54) is 0 Å². The van der Waals surface area contributed by atoms with E-state index in [9.17, 15) is 0 Å². The lowest BCUT2D eigenvalue weighted by atomic mass is 9.67. The van der Waals surface area contributed by atoms with E-state index >= 15 is 0 Å². The van der Waals surface area contributed by atoms with Gasteiger partial charge in [-0.15, -0.1) is 0 Å². The Hall–Kier alpha value is -0.0151. The highest BCUT2D eigenvalue weighted by atomic mass is 16.6. The molecule has 0 spiro atoms. The summed E-state index contributed by atoms with van der Waals surface area (Å²) < 4.78 is 11.1. The minimum absolute atomic E-state index is 0.227. The summed E-state index contributed by atoms with van der Waals surface area (Å²) in [5.41, 5.74) is 0. The molecule has 0 aromatic heterocycles. The molecule has 1 aliphatic rings. The lowest BCUT2D eigenvalue weighted by Crippen LogP contribution is -2.28. The van der Waals surface area contributed by atoms with Gasteiger partial charge in [0.25, 0.3) is 0 Å². The largest absolute Gasteiger partial charge is 0.381 e. The van der Waals surface area contributed by atoms with Crippen molar-refractivity contribution < 1.29 is 9.47 Å². The third kappa shape index (κ3) is 2.24.